The minimum Gasteiger partial charge on any atom is -0.392 e. The van der Waals surface area contributed by atoms with Crippen LogP contribution in [0, 0.1) is 0 Å². The summed E-state index contributed by atoms with van der Waals surface area (Å²) in [5.41, 5.74) is 0.882. The quantitative estimate of drug-likeness (QED) is 0.860. The Morgan fingerprint density at radius 3 is 2.62 bits per heavy atom. The van der Waals surface area contributed by atoms with Crippen molar-refractivity contribution in [1.82, 2.24) is 14.5 Å². The normalized spacial score (nSPS) is 11.8. The fraction of sp³-hybridized carbons (Fsp3) is 0.250. The Labute approximate surface area is 132 Å². The number of hydrogen-bond acceptors (Lipinski definition) is 4. The highest BCUT2D eigenvalue weighted by molar-refractivity contribution is 7.89. The standard InChI is InChI=1S/C12H13Cl2N3O3S/c1-17-8(4-5-15-17)6-16-21(19,20)11-3-2-10(13)9(7-18)12(11)14/h2-5,16,18H,6-7H2,1H3. The summed E-state index contributed by atoms with van der Waals surface area (Å²) in [6.45, 7) is -0.366. The first-order valence-electron chi connectivity index (χ1n) is 5.91. The second-order valence-electron chi connectivity index (χ2n) is 4.27. The molecule has 0 radical (unpaired) electrons. The first-order chi connectivity index (χ1) is 9.86. The molecule has 0 aliphatic carbocycles. The molecule has 1 aromatic carbocycles. The molecule has 0 bridgehead atoms. The maximum absolute atomic E-state index is 12.3. The summed E-state index contributed by atoms with van der Waals surface area (Å²) >= 11 is 11.9. The molecule has 0 spiro atoms. The Bertz CT molecular complexity index is 759. The molecule has 0 unspecified atom stereocenters. The third kappa shape index (κ3) is 3.38. The molecule has 114 valence electrons. The summed E-state index contributed by atoms with van der Waals surface area (Å²) in [6.07, 6.45) is 1.57. The van der Waals surface area contributed by atoms with Crippen LogP contribution < -0.4 is 4.72 Å². The Morgan fingerprint density at radius 1 is 1.33 bits per heavy atom. The van der Waals surface area contributed by atoms with Crippen LogP contribution in [0.2, 0.25) is 10.0 Å². The summed E-state index contributed by atoms with van der Waals surface area (Å²) in [7, 11) is -2.11. The van der Waals surface area contributed by atoms with Crippen LogP contribution in [0.25, 0.3) is 0 Å². The van der Waals surface area contributed by atoms with Crippen LogP contribution in [0.3, 0.4) is 0 Å². The van der Waals surface area contributed by atoms with E-state index in [0.29, 0.717) is 5.69 Å². The number of aliphatic hydroxyl groups excluding tert-OH is 1. The predicted octanol–water partition coefficient (Wildman–Crippen LogP) is 1.70. The van der Waals surface area contributed by atoms with Crippen molar-refractivity contribution in [2.45, 2.75) is 18.0 Å². The number of nitrogens with one attached hydrogen (secondary N) is 1. The second-order valence-corrected chi connectivity index (χ2v) is 6.79. The van der Waals surface area contributed by atoms with E-state index >= 15 is 0 Å². The van der Waals surface area contributed by atoms with Gasteiger partial charge in [-0.1, -0.05) is 23.2 Å². The van der Waals surface area contributed by atoms with Crippen LogP contribution in [0.4, 0.5) is 0 Å². The Hall–Kier alpha value is -1.12. The van der Waals surface area contributed by atoms with Gasteiger partial charge in [-0.2, -0.15) is 5.10 Å². The van der Waals surface area contributed by atoms with Gasteiger partial charge in [0.15, 0.2) is 0 Å². The molecule has 0 fully saturated rings. The van der Waals surface area contributed by atoms with Gasteiger partial charge in [-0.15, -0.1) is 0 Å². The largest absolute Gasteiger partial charge is 0.392 e. The third-order valence-corrected chi connectivity index (χ3v) is 5.31. The first-order valence-corrected chi connectivity index (χ1v) is 8.15. The number of benzene rings is 1. The predicted molar refractivity (Wildman–Crippen MR) is 79.6 cm³/mol. The van der Waals surface area contributed by atoms with Crippen molar-refractivity contribution in [3.05, 3.63) is 45.7 Å². The number of sulfonamides is 1. The molecule has 0 saturated carbocycles. The molecule has 0 aliphatic rings. The zero-order valence-electron chi connectivity index (χ0n) is 11.0. The molecule has 0 aliphatic heterocycles. The monoisotopic (exact) mass is 349 g/mol. The van der Waals surface area contributed by atoms with Crippen molar-refractivity contribution >= 4 is 33.2 Å². The van der Waals surface area contributed by atoms with Gasteiger partial charge in [-0.3, -0.25) is 4.68 Å². The van der Waals surface area contributed by atoms with Gasteiger partial charge in [-0.05, 0) is 18.2 Å². The number of halogens is 2. The maximum atomic E-state index is 12.3. The van der Waals surface area contributed by atoms with Gasteiger partial charge in [0.25, 0.3) is 0 Å². The molecule has 9 heteroatoms. The smallest absolute Gasteiger partial charge is 0.242 e. The highest BCUT2D eigenvalue weighted by Crippen LogP contribution is 2.31. The molecule has 0 amide bonds. The number of aromatic nitrogens is 2. The fourth-order valence-corrected chi connectivity index (χ4v) is 3.64. The van der Waals surface area contributed by atoms with Gasteiger partial charge in [0, 0.05) is 23.8 Å². The summed E-state index contributed by atoms with van der Waals surface area (Å²) in [5, 5.41) is 13.3. The molecular weight excluding hydrogens is 337 g/mol. The zero-order valence-corrected chi connectivity index (χ0v) is 13.4. The van der Waals surface area contributed by atoms with E-state index in [2.05, 4.69) is 9.82 Å². The topological polar surface area (TPSA) is 84.2 Å². The van der Waals surface area contributed by atoms with E-state index in [9.17, 15) is 13.5 Å². The van der Waals surface area contributed by atoms with Crippen LogP contribution in [-0.2, 0) is 30.2 Å². The summed E-state index contributed by atoms with van der Waals surface area (Å²) in [6, 6.07) is 4.39. The van der Waals surface area contributed by atoms with Gasteiger partial charge < -0.3 is 5.11 Å². The van der Waals surface area contributed by atoms with Crippen LogP contribution in [-0.4, -0.2) is 23.3 Å². The maximum Gasteiger partial charge on any atom is 0.242 e. The lowest BCUT2D eigenvalue weighted by Gasteiger charge is -2.11. The van der Waals surface area contributed by atoms with E-state index < -0.39 is 16.6 Å². The van der Waals surface area contributed by atoms with Gasteiger partial charge in [0.2, 0.25) is 10.0 Å². The average Bonchev–Trinajstić information content (AvgIpc) is 2.82. The number of aryl methyl sites for hydroxylation is 1. The highest BCUT2D eigenvalue weighted by atomic mass is 35.5. The van der Waals surface area contributed by atoms with Crippen LogP contribution >= 0.6 is 23.2 Å². The average molecular weight is 350 g/mol. The third-order valence-electron chi connectivity index (χ3n) is 2.96. The lowest BCUT2D eigenvalue weighted by Crippen LogP contribution is -2.25. The Kier molecular flexibility index (Phi) is 4.90. The van der Waals surface area contributed by atoms with Gasteiger partial charge in [0.05, 0.1) is 23.9 Å². The number of aliphatic hydroxyl groups is 1. The van der Waals surface area contributed by atoms with Crippen molar-refractivity contribution in [2.75, 3.05) is 0 Å². The lowest BCUT2D eigenvalue weighted by atomic mass is 10.2. The number of hydrogen-bond donors (Lipinski definition) is 2. The molecular formula is C12H13Cl2N3O3S. The summed E-state index contributed by atoms with van der Waals surface area (Å²) in [5.74, 6) is 0. The van der Waals surface area contributed by atoms with E-state index in [-0.39, 0.29) is 27.0 Å². The Morgan fingerprint density at radius 2 is 2.05 bits per heavy atom. The van der Waals surface area contributed by atoms with Crippen LogP contribution in [0.5, 0.6) is 0 Å². The van der Waals surface area contributed by atoms with Gasteiger partial charge in [0.1, 0.15) is 4.90 Å². The van der Waals surface area contributed by atoms with Gasteiger partial charge in [-0.25, -0.2) is 13.1 Å². The highest BCUT2D eigenvalue weighted by Gasteiger charge is 2.21. The lowest BCUT2D eigenvalue weighted by molar-refractivity contribution is 0.281. The van der Waals surface area contributed by atoms with E-state index in [1.54, 1.807) is 24.0 Å². The first kappa shape index (κ1) is 16.3. The molecule has 6 nitrogen and oxygen atoms in total. The fourth-order valence-electron chi connectivity index (χ4n) is 1.75. The number of rotatable bonds is 5. The van der Waals surface area contributed by atoms with Gasteiger partial charge >= 0.3 is 0 Å². The van der Waals surface area contributed by atoms with Crippen LogP contribution in [0.15, 0.2) is 29.3 Å². The summed E-state index contributed by atoms with van der Waals surface area (Å²) in [4.78, 5) is -0.125. The molecule has 0 atom stereocenters. The molecule has 2 aromatic rings. The van der Waals surface area contributed by atoms with E-state index in [1.807, 2.05) is 0 Å². The van der Waals surface area contributed by atoms with Crippen molar-refractivity contribution in [3.8, 4) is 0 Å². The molecule has 2 N–H and O–H groups in total. The van der Waals surface area contributed by atoms with Crippen molar-refractivity contribution < 1.29 is 13.5 Å². The minimum atomic E-state index is -3.83. The van der Waals surface area contributed by atoms with Crippen molar-refractivity contribution in [2.24, 2.45) is 7.05 Å². The molecule has 2 rings (SSSR count). The molecule has 21 heavy (non-hydrogen) atoms. The molecule has 1 heterocycles. The van der Waals surface area contributed by atoms with Crippen molar-refractivity contribution in [3.63, 3.8) is 0 Å². The van der Waals surface area contributed by atoms with Crippen LogP contribution in [0.1, 0.15) is 11.3 Å². The van der Waals surface area contributed by atoms with Crippen molar-refractivity contribution in [1.29, 1.82) is 0 Å². The van der Waals surface area contributed by atoms with E-state index in [4.69, 9.17) is 23.2 Å². The Balaban J connectivity index is 2.30. The molecule has 0 saturated heterocycles. The minimum absolute atomic E-state index is 0.0756. The number of nitrogens with zero attached hydrogens (tertiary/aromatic N) is 2. The zero-order chi connectivity index (χ0) is 15.6. The molecule has 1 aromatic heterocycles. The van der Waals surface area contributed by atoms with E-state index in [1.165, 1.54) is 12.1 Å². The SMILES string of the molecule is Cn1nccc1CNS(=O)(=O)c1ccc(Cl)c(CO)c1Cl. The summed E-state index contributed by atoms with van der Waals surface area (Å²) < 4.78 is 28.6. The van der Waals surface area contributed by atoms with E-state index in [0.717, 1.165) is 0 Å². The second kappa shape index (κ2) is 6.33.